The van der Waals surface area contributed by atoms with Crippen molar-refractivity contribution in [2.75, 3.05) is 6.54 Å². The first-order chi connectivity index (χ1) is 12.9. The highest BCUT2D eigenvalue weighted by Crippen LogP contribution is 2.34. The summed E-state index contributed by atoms with van der Waals surface area (Å²) in [5.41, 5.74) is 3.18. The standard InChI is InChI=1S/C19H20F2N6/c1-13-8-9-17(19(20,21)18-22-25-26-23-18)10-11-27(24-15(13)3)12-16-7-5-4-6-14(16)2/h4-10H,1,11-12H2,2-3H3,(H,22,23,25,26)/b9-8-,17-10+,24-15?. The molecule has 0 atom stereocenters. The minimum Gasteiger partial charge on any atom is -0.289 e. The second-order valence-electron chi connectivity index (χ2n) is 6.29. The Morgan fingerprint density at radius 2 is 2.00 bits per heavy atom. The summed E-state index contributed by atoms with van der Waals surface area (Å²) in [6, 6.07) is 7.91. The van der Waals surface area contributed by atoms with Crippen molar-refractivity contribution in [3.8, 4) is 0 Å². The van der Waals surface area contributed by atoms with Crippen LogP contribution < -0.4 is 0 Å². The van der Waals surface area contributed by atoms with Crippen molar-refractivity contribution >= 4 is 5.71 Å². The summed E-state index contributed by atoms with van der Waals surface area (Å²) in [5, 5.41) is 18.5. The zero-order valence-electron chi connectivity index (χ0n) is 15.2. The van der Waals surface area contributed by atoms with Gasteiger partial charge >= 0.3 is 5.92 Å². The van der Waals surface area contributed by atoms with Crippen LogP contribution in [0.4, 0.5) is 8.78 Å². The largest absolute Gasteiger partial charge is 0.335 e. The molecular formula is C19H20F2N6. The quantitative estimate of drug-likeness (QED) is 0.894. The van der Waals surface area contributed by atoms with E-state index >= 15 is 0 Å². The van der Waals surface area contributed by atoms with Crippen LogP contribution in [-0.4, -0.2) is 37.9 Å². The second kappa shape index (κ2) is 7.61. The monoisotopic (exact) mass is 370 g/mol. The molecule has 0 saturated heterocycles. The number of aromatic nitrogens is 4. The Balaban J connectivity index is 1.94. The van der Waals surface area contributed by atoms with Crippen molar-refractivity contribution < 1.29 is 8.78 Å². The maximum Gasteiger partial charge on any atom is 0.335 e. The number of aryl methyl sites for hydroxylation is 1. The van der Waals surface area contributed by atoms with Crippen molar-refractivity contribution in [2.24, 2.45) is 5.10 Å². The normalized spacial score (nSPS) is 18.8. The van der Waals surface area contributed by atoms with Crippen LogP contribution in [0.5, 0.6) is 0 Å². The molecule has 6 nitrogen and oxygen atoms in total. The Hall–Kier alpha value is -3.16. The maximum absolute atomic E-state index is 14.8. The number of H-pyrrole nitrogens is 1. The summed E-state index contributed by atoms with van der Waals surface area (Å²) in [4.78, 5) is 0. The molecule has 3 rings (SSSR count). The van der Waals surface area contributed by atoms with E-state index in [1.807, 2.05) is 31.2 Å². The van der Waals surface area contributed by atoms with Gasteiger partial charge in [-0.3, -0.25) is 5.01 Å². The molecule has 2 heterocycles. The van der Waals surface area contributed by atoms with Gasteiger partial charge in [-0.2, -0.15) is 19.1 Å². The molecule has 8 heteroatoms. The van der Waals surface area contributed by atoms with Crippen LogP contribution in [0.2, 0.25) is 0 Å². The predicted molar refractivity (Wildman–Crippen MR) is 99.1 cm³/mol. The van der Waals surface area contributed by atoms with E-state index in [1.54, 1.807) is 11.9 Å². The van der Waals surface area contributed by atoms with Crippen LogP contribution >= 0.6 is 0 Å². The van der Waals surface area contributed by atoms with Crippen LogP contribution in [0.15, 0.2) is 65.3 Å². The number of nitrogens with one attached hydrogen (secondary N) is 1. The first-order valence-electron chi connectivity index (χ1n) is 8.42. The topological polar surface area (TPSA) is 70.1 Å². The van der Waals surface area contributed by atoms with Crippen molar-refractivity contribution in [1.82, 2.24) is 25.6 Å². The number of alkyl halides is 2. The number of hydrazone groups is 1. The van der Waals surface area contributed by atoms with Gasteiger partial charge in [0.05, 0.1) is 18.8 Å². The number of hydrogen-bond donors (Lipinski definition) is 1. The molecule has 0 spiro atoms. The Morgan fingerprint density at radius 3 is 2.70 bits per heavy atom. The van der Waals surface area contributed by atoms with Crippen molar-refractivity contribution in [2.45, 2.75) is 26.3 Å². The average Bonchev–Trinajstić information content (AvgIpc) is 3.18. The van der Waals surface area contributed by atoms with Crippen LogP contribution in [0.3, 0.4) is 0 Å². The third-order valence-electron chi connectivity index (χ3n) is 4.35. The molecule has 1 N–H and O–H groups in total. The molecule has 27 heavy (non-hydrogen) atoms. The molecule has 1 aromatic carbocycles. The number of halogens is 2. The summed E-state index contributed by atoms with van der Waals surface area (Å²) < 4.78 is 29.5. The molecule has 140 valence electrons. The number of aromatic amines is 1. The summed E-state index contributed by atoms with van der Waals surface area (Å²) in [6.07, 6.45) is 4.28. The summed E-state index contributed by atoms with van der Waals surface area (Å²) in [6.45, 7) is 8.42. The Morgan fingerprint density at radius 1 is 1.22 bits per heavy atom. The van der Waals surface area contributed by atoms with E-state index in [-0.39, 0.29) is 12.1 Å². The van der Waals surface area contributed by atoms with Gasteiger partial charge in [-0.15, -0.1) is 10.2 Å². The molecule has 1 aliphatic heterocycles. The lowest BCUT2D eigenvalue weighted by atomic mass is 10.0. The lowest BCUT2D eigenvalue weighted by Crippen LogP contribution is -2.22. The van der Waals surface area contributed by atoms with Gasteiger partial charge in [0.1, 0.15) is 0 Å². The van der Waals surface area contributed by atoms with E-state index < -0.39 is 11.7 Å². The van der Waals surface area contributed by atoms with Gasteiger partial charge in [-0.05, 0) is 35.8 Å². The molecule has 0 saturated carbocycles. The fourth-order valence-corrected chi connectivity index (χ4v) is 2.64. The smallest absolute Gasteiger partial charge is 0.289 e. The van der Waals surface area contributed by atoms with Gasteiger partial charge in [0.2, 0.25) is 5.82 Å². The zero-order chi connectivity index (χ0) is 19.4. The van der Waals surface area contributed by atoms with Crippen LogP contribution in [-0.2, 0) is 12.5 Å². The first-order valence-corrected chi connectivity index (χ1v) is 8.42. The molecule has 0 unspecified atom stereocenters. The average molecular weight is 370 g/mol. The SMILES string of the molecule is C=C1/C=C\C(C(F)(F)c2nn[nH]n2)=C/CN(Cc2ccccc2C)N=C1C. The fourth-order valence-electron chi connectivity index (χ4n) is 2.64. The van der Waals surface area contributed by atoms with Gasteiger partial charge in [0, 0.05) is 5.57 Å². The van der Waals surface area contributed by atoms with E-state index in [9.17, 15) is 8.78 Å². The lowest BCUT2D eigenvalue weighted by Gasteiger charge is -2.21. The highest BCUT2D eigenvalue weighted by Gasteiger charge is 2.40. The highest BCUT2D eigenvalue weighted by atomic mass is 19.3. The van der Waals surface area contributed by atoms with Crippen LogP contribution in [0.1, 0.15) is 23.9 Å². The Labute approximate surface area is 156 Å². The maximum atomic E-state index is 14.8. The van der Waals surface area contributed by atoms with Crippen LogP contribution in [0.25, 0.3) is 0 Å². The summed E-state index contributed by atoms with van der Waals surface area (Å²) in [7, 11) is 0. The summed E-state index contributed by atoms with van der Waals surface area (Å²) >= 11 is 0. The minimum absolute atomic E-state index is 0.200. The van der Waals surface area contributed by atoms with Crippen molar-refractivity contribution in [3.63, 3.8) is 0 Å². The molecule has 1 aliphatic rings. The molecule has 2 aromatic rings. The number of hydrogen-bond acceptors (Lipinski definition) is 5. The van der Waals surface area contributed by atoms with Gasteiger partial charge in [-0.1, -0.05) is 49.1 Å². The van der Waals surface area contributed by atoms with Gasteiger partial charge in [-0.25, -0.2) is 0 Å². The van der Waals surface area contributed by atoms with E-state index in [4.69, 9.17) is 0 Å². The van der Waals surface area contributed by atoms with Gasteiger partial charge in [0.25, 0.3) is 0 Å². The van der Waals surface area contributed by atoms with Crippen molar-refractivity contribution in [1.29, 1.82) is 0 Å². The predicted octanol–water partition coefficient (Wildman–Crippen LogP) is 3.53. The van der Waals surface area contributed by atoms with E-state index in [1.165, 1.54) is 18.2 Å². The minimum atomic E-state index is -3.38. The molecular weight excluding hydrogens is 350 g/mol. The number of nitrogens with zero attached hydrogens (tertiary/aromatic N) is 5. The number of tetrazole rings is 1. The third-order valence-corrected chi connectivity index (χ3v) is 4.35. The molecule has 0 fully saturated rings. The zero-order valence-corrected chi connectivity index (χ0v) is 15.2. The molecule has 0 aliphatic carbocycles. The first kappa shape index (κ1) is 18.6. The molecule has 0 bridgehead atoms. The third kappa shape index (κ3) is 4.16. The Kier molecular flexibility index (Phi) is 5.25. The molecule has 0 amide bonds. The highest BCUT2D eigenvalue weighted by molar-refractivity contribution is 6.00. The van der Waals surface area contributed by atoms with E-state index in [0.29, 0.717) is 17.8 Å². The van der Waals surface area contributed by atoms with Crippen LogP contribution in [0, 0.1) is 6.92 Å². The fraction of sp³-hybridized carbons (Fsp3) is 0.263. The molecule has 1 aromatic heterocycles. The van der Waals surface area contributed by atoms with Crippen molar-refractivity contribution in [3.05, 3.63) is 77.2 Å². The Bertz CT molecular complexity index is 912. The van der Waals surface area contributed by atoms with Gasteiger partial charge in [0.15, 0.2) is 0 Å². The number of allylic oxidation sites excluding steroid dienone is 4. The van der Waals surface area contributed by atoms with Gasteiger partial charge < -0.3 is 0 Å². The lowest BCUT2D eigenvalue weighted by molar-refractivity contribution is 0.0314. The molecule has 0 radical (unpaired) electrons. The number of benzene rings is 1. The number of rotatable bonds is 4. The van der Waals surface area contributed by atoms with E-state index in [2.05, 4.69) is 32.3 Å². The summed E-state index contributed by atoms with van der Waals surface area (Å²) in [5.74, 6) is -4.05. The second-order valence-corrected chi connectivity index (χ2v) is 6.29. The van der Waals surface area contributed by atoms with E-state index in [0.717, 1.165) is 11.1 Å².